The van der Waals surface area contributed by atoms with Crippen molar-refractivity contribution in [2.75, 3.05) is 47.5 Å². The van der Waals surface area contributed by atoms with Gasteiger partial charge >= 0.3 is 5.97 Å². The Hall–Kier alpha value is -2.84. The fourth-order valence-electron chi connectivity index (χ4n) is 3.77. The molecule has 0 saturated carbocycles. The molecule has 0 aliphatic heterocycles. The van der Waals surface area contributed by atoms with Crippen LogP contribution in [-0.4, -0.2) is 69.2 Å². The summed E-state index contributed by atoms with van der Waals surface area (Å²) < 4.78 is 26.7. The van der Waals surface area contributed by atoms with Crippen molar-refractivity contribution in [2.24, 2.45) is 0 Å². The number of unbranched alkanes of at least 4 members (excludes halogenated alkanes) is 1. The summed E-state index contributed by atoms with van der Waals surface area (Å²) in [5.41, 5.74) is 0. The molecule has 0 rings (SSSR count). The lowest BCUT2D eigenvalue weighted by molar-refractivity contribution is -0.870. The van der Waals surface area contributed by atoms with E-state index in [1.165, 1.54) is 0 Å². The minimum absolute atomic E-state index is 0.0241. The maximum Gasteiger partial charge on any atom is 0.305 e. The highest BCUT2D eigenvalue weighted by Crippen LogP contribution is 2.38. The molecule has 2 atom stereocenters. The van der Waals surface area contributed by atoms with Gasteiger partial charge in [-0.15, -0.1) is 0 Å². The van der Waals surface area contributed by atoms with E-state index in [1.807, 2.05) is 27.2 Å². The molecule has 8 nitrogen and oxygen atoms in total. The van der Waals surface area contributed by atoms with E-state index in [9.17, 15) is 19.4 Å². The minimum atomic E-state index is -4.52. The lowest BCUT2D eigenvalue weighted by Gasteiger charge is -2.27. The topological polar surface area (TPSA) is 105 Å². The second-order valence-electron chi connectivity index (χ2n) is 12.4. The number of rotatable bonds is 30. The lowest BCUT2D eigenvalue weighted by atomic mass is 10.2. The van der Waals surface area contributed by atoms with Crippen LogP contribution in [0.5, 0.6) is 0 Å². The molecular formula is C40H64NO7P. The Morgan fingerprint density at radius 3 is 1.43 bits per heavy atom. The first-order chi connectivity index (χ1) is 23.6. The highest BCUT2D eigenvalue weighted by Gasteiger charge is 2.16. The number of aliphatic hydroxyl groups is 1. The molecular weight excluding hydrogens is 637 g/mol. The zero-order valence-electron chi connectivity index (χ0n) is 30.6. The van der Waals surface area contributed by atoms with E-state index < -0.39 is 26.5 Å². The summed E-state index contributed by atoms with van der Waals surface area (Å²) >= 11 is 0. The summed E-state index contributed by atoms with van der Waals surface area (Å²) in [6.45, 7) is 1.73. The van der Waals surface area contributed by atoms with Crippen molar-refractivity contribution in [2.45, 2.75) is 90.1 Å². The fraction of sp³-hybridized carbons (Fsp3) is 0.525. The van der Waals surface area contributed by atoms with Crippen molar-refractivity contribution < 1.29 is 37.6 Å². The maximum absolute atomic E-state index is 11.9. The van der Waals surface area contributed by atoms with Crippen molar-refractivity contribution in [1.29, 1.82) is 0 Å². The molecule has 49 heavy (non-hydrogen) atoms. The number of hydrogen-bond acceptors (Lipinski definition) is 7. The molecule has 9 heteroatoms. The van der Waals surface area contributed by atoms with E-state index in [1.54, 1.807) is 0 Å². The van der Waals surface area contributed by atoms with Gasteiger partial charge < -0.3 is 28.3 Å². The molecule has 0 bridgehead atoms. The van der Waals surface area contributed by atoms with Crippen molar-refractivity contribution >= 4 is 13.8 Å². The molecule has 0 fully saturated rings. The standard InChI is InChI=1S/C40H64NO7P/c1-5-6-7-8-9-10-11-12-13-14-15-16-17-18-19-20-21-22-23-24-25-26-27-28-29-30-31-32-33-34-40(43)46-37-39(42)38-48-49(44,45)47-36-35-41(2,3)4/h6-7,9-10,12-13,15-16,18-19,21-22,24-25,27-28,30-31,39,42H,5,8,11,14,17,20,23,26,29,32-38H2,1-4H3/b7-6-,10-9-,13-12-,16-15-,19-18-,22-21-,25-24-,28-27-,31-30-. The number of likely N-dealkylation sites (N-methyl/N-ethyl adjacent to an activating group) is 1. The second-order valence-corrected chi connectivity index (χ2v) is 13.8. The van der Waals surface area contributed by atoms with Crippen LogP contribution in [0.4, 0.5) is 0 Å². The molecule has 0 aromatic rings. The first-order valence-corrected chi connectivity index (χ1v) is 19.1. The van der Waals surface area contributed by atoms with E-state index in [0.717, 1.165) is 64.2 Å². The van der Waals surface area contributed by atoms with Crippen LogP contribution < -0.4 is 4.89 Å². The molecule has 1 N–H and O–H groups in total. The largest absolute Gasteiger partial charge is 0.756 e. The smallest absolute Gasteiger partial charge is 0.305 e. The molecule has 0 heterocycles. The van der Waals surface area contributed by atoms with E-state index in [0.29, 0.717) is 17.4 Å². The first-order valence-electron chi connectivity index (χ1n) is 17.6. The number of hydrogen-bond donors (Lipinski definition) is 1. The van der Waals surface area contributed by atoms with Crippen LogP contribution in [0.15, 0.2) is 109 Å². The highest BCUT2D eigenvalue weighted by atomic mass is 31.2. The third-order valence-electron chi connectivity index (χ3n) is 6.54. The van der Waals surface area contributed by atoms with Crippen LogP contribution in [0.25, 0.3) is 0 Å². The third-order valence-corrected chi connectivity index (χ3v) is 7.50. The number of phosphoric ester groups is 1. The molecule has 2 unspecified atom stereocenters. The van der Waals surface area contributed by atoms with Gasteiger partial charge in [0, 0.05) is 6.42 Å². The van der Waals surface area contributed by atoms with Gasteiger partial charge in [0.1, 0.15) is 25.9 Å². The van der Waals surface area contributed by atoms with E-state index in [4.69, 9.17) is 9.26 Å². The van der Waals surface area contributed by atoms with Crippen LogP contribution >= 0.6 is 7.82 Å². The first kappa shape index (κ1) is 46.2. The number of allylic oxidation sites excluding steroid dienone is 18. The molecule has 276 valence electrons. The fourth-order valence-corrected chi connectivity index (χ4v) is 4.50. The number of ether oxygens (including phenoxy) is 1. The van der Waals surface area contributed by atoms with Gasteiger partial charge in [-0.05, 0) is 70.6 Å². The second kappa shape index (κ2) is 32.4. The predicted molar refractivity (Wildman–Crippen MR) is 203 cm³/mol. The van der Waals surface area contributed by atoms with Gasteiger partial charge in [0.05, 0.1) is 27.7 Å². The summed E-state index contributed by atoms with van der Waals surface area (Å²) in [5.74, 6) is -0.451. The van der Waals surface area contributed by atoms with Crippen LogP contribution in [0.1, 0.15) is 84.0 Å². The summed E-state index contributed by atoms with van der Waals surface area (Å²) in [7, 11) is 1.20. The molecule has 0 saturated heterocycles. The molecule has 0 aromatic carbocycles. The van der Waals surface area contributed by atoms with Crippen LogP contribution in [-0.2, 0) is 23.1 Å². The Balaban J connectivity index is 3.75. The number of phosphoric acid groups is 1. The molecule has 0 aliphatic rings. The normalized spacial score (nSPS) is 15.3. The Kier molecular flexibility index (Phi) is 30.5. The Bertz CT molecular complexity index is 1140. The number of nitrogens with zero attached hydrogens (tertiary/aromatic N) is 1. The van der Waals surface area contributed by atoms with Gasteiger partial charge in [-0.1, -0.05) is 116 Å². The monoisotopic (exact) mass is 701 g/mol. The lowest BCUT2D eigenvalue weighted by Crippen LogP contribution is -2.37. The summed E-state index contributed by atoms with van der Waals surface area (Å²) in [4.78, 5) is 23.6. The van der Waals surface area contributed by atoms with Crippen LogP contribution in [0.3, 0.4) is 0 Å². The summed E-state index contributed by atoms with van der Waals surface area (Å²) in [6.07, 6.45) is 48.2. The van der Waals surface area contributed by atoms with Gasteiger partial charge in [0.2, 0.25) is 0 Å². The van der Waals surface area contributed by atoms with Crippen molar-refractivity contribution in [3.8, 4) is 0 Å². The van der Waals surface area contributed by atoms with Crippen LogP contribution in [0.2, 0.25) is 0 Å². The molecule has 0 amide bonds. The summed E-state index contributed by atoms with van der Waals surface area (Å²) in [5, 5.41) is 9.84. The van der Waals surface area contributed by atoms with Gasteiger partial charge in [-0.25, -0.2) is 0 Å². The number of quaternary nitrogens is 1. The summed E-state index contributed by atoms with van der Waals surface area (Å²) in [6, 6.07) is 0. The van der Waals surface area contributed by atoms with Crippen molar-refractivity contribution in [3.05, 3.63) is 109 Å². The average Bonchev–Trinajstić information content (AvgIpc) is 3.05. The molecule has 0 spiro atoms. The molecule has 0 aliphatic carbocycles. The number of aliphatic hydroxyl groups excluding tert-OH is 1. The van der Waals surface area contributed by atoms with Gasteiger partial charge in [-0.2, -0.15) is 0 Å². The minimum Gasteiger partial charge on any atom is -0.756 e. The molecule has 0 aromatic heterocycles. The predicted octanol–water partition coefficient (Wildman–Crippen LogP) is 8.81. The Labute approximate surface area is 297 Å². The zero-order chi connectivity index (χ0) is 36.3. The highest BCUT2D eigenvalue weighted by molar-refractivity contribution is 7.45. The number of carbonyl (C=O) groups is 1. The Morgan fingerprint density at radius 1 is 0.653 bits per heavy atom. The van der Waals surface area contributed by atoms with E-state index >= 15 is 0 Å². The third kappa shape index (κ3) is 37.8. The number of carbonyl (C=O) groups excluding carboxylic acids is 1. The van der Waals surface area contributed by atoms with Gasteiger partial charge in [0.15, 0.2) is 0 Å². The van der Waals surface area contributed by atoms with Crippen LogP contribution in [0, 0.1) is 0 Å². The average molecular weight is 702 g/mol. The quantitative estimate of drug-likeness (QED) is 0.0262. The van der Waals surface area contributed by atoms with E-state index in [-0.39, 0.29) is 19.6 Å². The zero-order valence-corrected chi connectivity index (χ0v) is 31.5. The molecule has 0 radical (unpaired) electrons. The van der Waals surface area contributed by atoms with Gasteiger partial charge in [-0.3, -0.25) is 9.36 Å². The van der Waals surface area contributed by atoms with Crippen molar-refractivity contribution in [3.63, 3.8) is 0 Å². The number of esters is 1. The maximum atomic E-state index is 11.9. The SMILES string of the molecule is CC/C=C\C/C=C\C/C=C\C/C=C\C/C=C\C/C=C\C/C=C\C/C=C\C/C=C\CCCC(=O)OCC(O)COP(=O)([O-])OCC[N+](C)(C)C. The van der Waals surface area contributed by atoms with Crippen molar-refractivity contribution in [1.82, 2.24) is 0 Å². The van der Waals surface area contributed by atoms with Gasteiger partial charge in [0.25, 0.3) is 7.82 Å². The Morgan fingerprint density at radius 2 is 1.04 bits per heavy atom. The van der Waals surface area contributed by atoms with E-state index in [2.05, 4.69) is 115 Å².